The van der Waals surface area contributed by atoms with E-state index in [1.165, 1.54) is 25.0 Å². The van der Waals surface area contributed by atoms with Crippen LogP contribution in [-0.4, -0.2) is 29.1 Å². The third kappa shape index (κ3) is 3.77. The second-order valence-corrected chi connectivity index (χ2v) is 5.45. The smallest absolute Gasteiger partial charge is 0.123 e. The number of nitrogens with zero attached hydrogens (tertiary/aromatic N) is 1. The van der Waals surface area contributed by atoms with E-state index in [1.807, 2.05) is 0 Å². The molecule has 0 saturated carbocycles. The first-order valence-electron chi connectivity index (χ1n) is 7.40. The highest BCUT2D eigenvalue weighted by atomic mass is 19.1. The van der Waals surface area contributed by atoms with Gasteiger partial charge in [0.25, 0.3) is 0 Å². The van der Waals surface area contributed by atoms with Crippen molar-refractivity contribution >= 4 is 0 Å². The lowest BCUT2D eigenvalue weighted by molar-refractivity contribution is 0.0549. The van der Waals surface area contributed by atoms with Gasteiger partial charge in [0.1, 0.15) is 5.82 Å². The van der Waals surface area contributed by atoms with Gasteiger partial charge in [0.15, 0.2) is 0 Å². The topological polar surface area (TPSA) is 23.5 Å². The molecular formula is C16H24FNO. The predicted octanol–water partition coefficient (Wildman–Crippen LogP) is 3.51. The molecule has 1 aromatic rings. The number of likely N-dealkylation sites (tertiary alicyclic amines) is 1. The summed E-state index contributed by atoms with van der Waals surface area (Å²) in [6.07, 6.45) is 5.21. The quantitative estimate of drug-likeness (QED) is 0.850. The molecule has 106 valence electrons. The fourth-order valence-corrected chi connectivity index (χ4v) is 2.91. The van der Waals surface area contributed by atoms with E-state index in [0.717, 1.165) is 37.9 Å². The van der Waals surface area contributed by atoms with Gasteiger partial charge in [-0.2, -0.15) is 0 Å². The van der Waals surface area contributed by atoms with Crippen LogP contribution in [0, 0.1) is 5.82 Å². The summed E-state index contributed by atoms with van der Waals surface area (Å²) < 4.78 is 13.0. The fourth-order valence-electron chi connectivity index (χ4n) is 2.91. The van der Waals surface area contributed by atoms with E-state index >= 15 is 0 Å². The van der Waals surface area contributed by atoms with Crippen LogP contribution in [0.25, 0.3) is 0 Å². The fraction of sp³-hybridized carbons (Fsp3) is 0.625. The third-order valence-electron chi connectivity index (χ3n) is 4.04. The van der Waals surface area contributed by atoms with Gasteiger partial charge in [-0.1, -0.05) is 31.9 Å². The molecule has 0 amide bonds. The molecule has 1 aromatic carbocycles. The second-order valence-electron chi connectivity index (χ2n) is 5.45. The van der Waals surface area contributed by atoms with E-state index in [0.29, 0.717) is 0 Å². The van der Waals surface area contributed by atoms with Gasteiger partial charge in [-0.05, 0) is 50.0 Å². The van der Waals surface area contributed by atoms with Crippen LogP contribution in [0.4, 0.5) is 4.39 Å². The van der Waals surface area contributed by atoms with Crippen molar-refractivity contribution in [3.8, 4) is 0 Å². The molecule has 1 heterocycles. The van der Waals surface area contributed by atoms with E-state index in [2.05, 4.69) is 11.8 Å². The van der Waals surface area contributed by atoms with Gasteiger partial charge in [-0.15, -0.1) is 0 Å². The van der Waals surface area contributed by atoms with Crippen molar-refractivity contribution < 1.29 is 9.50 Å². The minimum atomic E-state index is -0.509. The van der Waals surface area contributed by atoms with Crippen LogP contribution in [0.5, 0.6) is 0 Å². The lowest BCUT2D eigenvalue weighted by Gasteiger charge is -2.32. The normalized spacial score (nSPS) is 19.5. The largest absolute Gasteiger partial charge is 0.387 e. The van der Waals surface area contributed by atoms with E-state index in [9.17, 15) is 9.50 Å². The summed E-state index contributed by atoms with van der Waals surface area (Å²) in [6.45, 7) is 4.32. The first-order valence-corrected chi connectivity index (χ1v) is 7.40. The maximum absolute atomic E-state index is 13.0. The zero-order valence-electron chi connectivity index (χ0n) is 11.7. The number of hydrogen-bond donors (Lipinski definition) is 1. The minimum Gasteiger partial charge on any atom is -0.387 e. The van der Waals surface area contributed by atoms with E-state index in [1.54, 1.807) is 12.1 Å². The first-order chi connectivity index (χ1) is 9.22. The molecule has 2 rings (SSSR count). The van der Waals surface area contributed by atoms with Crippen LogP contribution in [0.2, 0.25) is 0 Å². The number of aliphatic hydroxyl groups excluding tert-OH is 1. The molecule has 0 aromatic heterocycles. The van der Waals surface area contributed by atoms with Gasteiger partial charge in [0.05, 0.1) is 6.10 Å². The van der Waals surface area contributed by atoms with Gasteiger partial charge < -0.3 is 5.11 Å². The highest BCUT2D eigenvalue weighted by Crippen LogP contribution is 2.27. The van der Waals surface area contributed by atoms with Crippen molar-refractivity contribution in [2.75, 3.05) is 13.1 Å². The summed E-state index contributed by atoms with van der Waals surface area (Å²) in [5.74, 6) is -0.248. The standard InChI is InChI=1S/C16H24FNO/c1-2-3-6-15(18-11-4-5-12-18)16(19)13-7-9-14(17)10-8-13/h7-10,15-16,19H,2-6,11-12H2,1H3. The van der Waals surface area contributed by atoms with Crippen molar-refractivity contribution in [2.24, 2.45) is 0 Å². The van der Waals surface area contributed by atoms with Crippen molar-refractivity contribution in [3.05, 3.63) is 35.6 Å². The predicted molar refractivity (Wildman–Crippen MR) is 75.5 cm³/mol. The Hall–Kier alpha value is -0.930. The molecule has 0 aliphatic carbocycles. The monoisotopic (exact) mass is 265 g/mol. The van der Waals surface area contributed by atoms with Crippen molar-refractivity contribution in [1.82, 2.24) is 4.90 Å². The number of rotatable bonds is 6. The molecule has 2 atom stereocenters. The van der Waals surface area contributed by atoms with Crippen molar-refractivity contribution in [1.29, 1.82) is 0 Å². The number of aliphatic hydroxyl groups is 1. The summed E-state index contributed by atoms with van der Waals surface area (Å²) in [5, 5.41) is 10.6. The number of unbranched alkanes of at least 4 members (excludes halogenated alkanes) is 1. The van der Waals surface area contributed by atoms with Crippen LogP contribution in [0.15, 0.2) is 24.3 Å². The van der Waals surface area contributed by atoms with Gasteiger partial charge in [-0.3, -0.25) is 4.90 Å². The van der Waals surface area contributed by atoms with Gasteiger partial charge in [0, 0.05) is 6.04 Å². The molecule has 3 heteroatoms. The second kappa shape index (κ2) is 7.01. The zero-order chi connectivity index (χ0) is 13.7. The van der Waals surface area contributed by atoms with E-state index in [4.69, 9.17) is 0 Å². The number of halogens is 1. The maximum Gasteiger partial charge on any atom is 0.123 e. The van der Waals surface area contributed by atoms with E-state index in [-0.39, 0.29) is 11.9 Å². The van der Waals surface area contributed by atoms with Crippen LogP contribution in [-0.2, 0) is 0 Å². The van der Waals surface area contributed by atoms with Crippen molar-refractivity contribution in [3.63, 3.8) is 0 Å². The summed E-state index contributed by atoms with van der Waals surface area (Å²) >= 11 is 0. The van der Waals surface area contributed by atoms with Gasteiger partial charge in [-0.25, -0.2) is 4.39 Å². The molecule has 0 spiro atoms. The Labute approximate surface area is 115 Å². The Balaban J connectivity index is 2.09. The van der Waals surface area contributed by atoms with Gasteiger partial charge >= 0.3 is 0 Å². The molecule has 2 unspecified atom stereocenters. The Morgan fingerprint density at radius 3 is 2.42 bits per heavy atom. The number of hydrogen-bond acceptors (Lipinski definition) is 2. The molecule has 1 fully saturated rings. The zero-order valence-corrected chi connectivity index (χ0v) is 11.7. The van der Waals surface area contributed by atoms with Crippen LogP contribution in [0.1, 0.15) is 50.7 Å². The molecule has 1 aliphatic rings. The minimum absolute atomic E-state index is 0.174. The highest BCUT2D eigenvalue weighted by molar-refractivity contribution is 5.20. The van der Waals surface area contributed by atoms with Gasteiger partial charge in [0.2, 0.25) is 0 Å². The summed E-state index contributed by atoms with van der Waals surface area (Å²) in [4.78, 5) is 2.39. The average Bonchev–Trinajstić information content (AvgIpc) is 2.94. The number of benzene rings is 1. The summed E-state index contributed by atoms with van der Waals surface area (Å²) in [7, 11) is 0. The Bertz CT molecular complexity index is 373. The molecule has 0 bridgehead atoms. The SMILES string of the molecule is CCCCC(C(O)c1ccc(F)cc1)N1CCCC1. The van der Waals surface area contributed by atoms with Crippen LogP contribution >= 0.6 is 0 Å². The molecule has 0 radical (unpaired) electrons. The summed E-state index contributed by atoms with van der Waals surface area (Å²) in [6, 6.07) is 6.44. The van der Waals surface area contributed by atoms with Crippen LogP contribution in [0.3, 0.4) is 0 Å². The molecular weight excluding hydrogens is 241 g/mol. The summed E-state index contributed by atoms with van der Waals surface area (Å²) in [5.41, 5.74) is 0.828. The highest BCUT2D eigenvalue weighted by Gasteiger charge is 2.28. The Morgan fingerprint density at radius 1 is 1.21 bits per heavy atom. The molecule has 2 nitrogen and oxygen atoms in total. The lowest BCUT2D eigenvalue weighted by atomic mass is 9.96. The van der Waals surface area contributed by atoms with Crippen molar-refractivity contribution in [2.45, 2.75) is 51.2 Å². The first kappa shape index (κ1) is 14.5. The average molecular weight is 265 g/mol. The maximum atomic E-state index is 13.0. The van der Waals surface area contributed by atoms with Crippen LogP contribution < -0.4 is 0 Å². The Morgan fingerprint density at radius 2 is 1.84 bits per heavy atom. The Kier molecular flexibility index (Phi) is 5.34. The van der Waals surface area contributed by atoms with E-state index < -0.39 is 6.10 Å². The third-order valence-corrected chi connectivity index (χ3v) is 4.04. The molecule has 1 aliphatic heterocycles. The molecule has 19 heavy (non-hydrogen) atoms. The molecule has 1 saturated heterocycles. The lowest BCUT2D eigenvalue weighted by Crippen LogP contribution is -2.37. The molecule has 1 N–H and O–H groups in total.